The molecule has 1 atom stereocenters. The van der Waals surface area contributed by atoms with Gasteiger partial charge >= 0.3 is 17.9 Å². The first kappa shape index (κ1) is 30.5. The van der Waals surface area contributed by atoms with Crippen LogP contribution in [0.3, 0.4) is 0 Å². The highest BCUT2D eigenvalue weighted by Crippen LogP contribution is 2.31. The van der Waals surface area contributed by atoms with Crippen molar-refractivity contribution in [1.82, 2.24) is 0 Å². The fraction of sp³-hybridized carbons (Fsp3) is 0.577. The average Bonchev–Trinajstić information content (AvgIpc) is 2.81. The van der Waals surface area contributed by atoms with Crippen LogP contribution in [0.1, 0.15) is 98.8 Å². The Kier molecular flexibility index (Phi) is 14.1. The Morgan fingerprint density at radius 3 is 1.83 bits per heavy atom. The summed E-state index contributed by atoms with van der Waals surface area (Å²) in [7, 11) is 1.25. The molecule has 0 bridgehead atoms. The molecule has 1 radical (unpaired) electrons. The number of carbonyl (C=O) groups is 4. The van der Waals surface area contributed by atoms with E-state index < -0.39 is 28.6 Å². The first-order chi connectivity index (χ1) is 16.6. The van der Waals surface area contributed by atoms with Crippen molar-refractivity contribution in [1.29, 1.82) is 0 Å². The zero-order valence-corrected chi connectivity index (χ0v) is 21.7. The Bertz CT molecular complexity index is 826. The number of rotatable bonds is 18. The first-order valence-electron chi connectivity index (χ1n) is 12.1. The number of esters is 1. The van der Waals surface area contributed by atoms with E-state index in [0.29, 0.717) is 5.75 Å². The van der Waals surface area contributed by atoms with Crippen LogP contribution in [0.15, 0.2) is 18.2 Å². The molecule has 9 heteroatoms. The fourth-order valence-electron chi connectivity index (χ4n) is 3.61. The van der Waals surface area contributed by atoms with E-state index in [1.807, 2.05) is 0 Å². The highest BCUT2D eigenvalue weighted by molar-refractivity contribution is 8.01. The number of anilines is 1. The molecule has 0 aliphatic carbocycles. The van der Waals surface area contributed by atoms with Crippen molar-refractivity contribution in [2.24, 2.45) is 0 Å². The predicted molar refractivity (Wildman–Crippen MR) is 138 cm³/mol. The van der Waals surface area contributed by atoms with Gasteiger partial charge in [0.25, 0.3) is 0 Å². The summed E-state index contributed by atoms with van der Waals surface area (Å²) < 4.78 is 3.65. The van der Waals surface area contributed by atoms with Crippen LogP contribution in [-0.4, -0.2) is 51.6 Å². The lowest BCUT2D eigenvalue weighted by molar-refractivity contribution is -0.142. The van der Waals surface area contributed by atoms with Gasteiger partial charge in [0.15, 0.2) is 0 Å². The number of ether oxygens (including phenoxy) is 1. The largest absolute Gasteiger partial charge is 0.478 e. The third-order valence-electron chi connectivity index (χ3n) is 5.59. The lowest BCUT2D eigenvalue weighted by Crippen LogP contribution is -2.38. The van der Waals surface area contributed by atoms with Gasteiger partial charge in [-0.05, 0) is 37.3 Å². The minimum Gasteiger partial charge on any atom is -0.478 e. The molecule has 195 valence electrons. The van der Waals surface area contributed by atoms with E-state index in [2.05, 4.69) is 12.2 Å². The van der Waals surface area contributed by atoms with Crippen LogP contribution >= 0.6 is 11.8 Å². The number of carbonyl (C=O) groups excluding carboxylic acids is 2. The number of hydrogen-bond acceptors (Lipinski definition) is 6. The van der Waals surface area contributed by atoms with E-state index >= 15 is 0 Å². The van der Waals surface area contributed by atoms with Gasteiger partial charge in [0.05, 0.1) is 24.7 Å². The topological polar surface area (TPSA) is 130 Å². The zero-order valence-electron chi connectivity index (χ0n) is 20.9. The zero-order chi connectivity index (χ0) is 26.3. The molecule has 1 unspecified atom stereocenters. The second-order valence-electron chi connectivity index (χ2n) is 8.67. The molecule has 35 heavy (non-hydrogen) atoms. The molecular weight excluding hydrogens is 470 g/mol. The van der Waals surface area contributed by atoms with Gasteiger partial charge in [-0.3, -0.25) is 9.59 Å². The minimum absolute atomic E-state index is 0.00969. The van der Waals surface area contributed by atoms with Crippen LogP contribution in [-0.2, 0) is 14.3 Å². The molecular formula is C26H38NO7S. The number of thioether (sulfide) groups is 1. The van der Waals surface area contributed by atoms with Crippen LogP contribution < -0.4 is 5.32 Å². The van der Waals surface area contributed by atoms with Gasteiger partial charge < -0.3 is 20.3 Å². The fourth-order valence-corrected chi connectivity index (χ4v) is 4.78. The average molecular weight is 509 g/mol. The van der Waals surface area contributed by atoms with Crippen molar-refractivity contribution in [2.45, 2.75) is 82.8 Å². The molecule has 3 N–H and O–H groups in total. The van der Waals surface area contributed by atoms with Crippen molar-refractivity contribution >= 4 is 41.3 Å². The molecule has 0 saturated carbocycles. The highest BCUT2D eigenvalue weighted by Gasteiger charge is 2.38. The van der Waals surface area contributed by atoms with Gasteiger partial charge in [0, 0.05) is 5.69 Å². The Balaban J connectivity index is 2.58. The number of carboxylic acid groups (broad SMARTS) is 2. The summed E-state index contributed by atoms with van der Waals surface area (Å²) in [6.45, 7) is 3.81. The molecule has 0 spiro atoms. The summed E-state index contributed by atoms with van der Waals surface area (Å²) in [5, 5.41) is 20.9. The number of amides is 1. The van der Waals surface area contributed by atoms with Gasteiger partial charge in [-0.1, -0.05) is 64.7 Å². The SMILES string of the molecule is CCCCCCCCCCCCSC(C)([CH]C(=O)Nc1cc(C(=O)O)cc(C(=O)O)c1)C(=O)OC. The van der Waals surface area contributed by atoms with Crippen LogP contribution in [0.2, 0.25) is 0 Å². The number of hydrogen-bond donors (Lipinski definition) is 3. The number of nitrogens with one attached hydrogen (secondary N) is 1. The molecule has 0 aromatic heterocycles. The summed E-state index contributed by atoms with van der Waals surface area (Å²) in [5.41, 5.74) is -0.534. The molecule has 1 aromatic carbocycles. The number of methoxy groups -OCH3 is 1. The number of carboxylic acids is 2. The number of benzene rings is 1. The predicted octanol–water partition coefficient (Wildman–Crippen LogP) is 5.81. The second kappa shape index (κ2) is 16.2. The Labute approximate surface area is 212 Å². The first-order valence-corrected chi connectivity index (χ1v) is 13.1. The van der Waals surface area contributed by atoms with Crippen LogP contribution in [0.5, 0.6) is 0 Å². The molecule has 0 aliphatic rings. The highest BCUT2D eigenvalue weighted by atomic mass is 32.2. The Hall–Kier alpha value is -2.55. The van der Waals surface area contributed by atoms with Crippen LogP contribution in [0.4, 0.5) is 5.69 Å². The lowest BCUT2D eigenvalue weighted by Gasteiger charge is -2.25. The van der Waals surface area contributed by atoms with E-state index in [0.717, 1.165) is 37.5 Å². The Morgan fingerprint density at radius 1 is 0.886 bits per heavy atom. The van der Waals surface area contributed by atoms with E-state index in [1.54, 1.807) is 6.92 Å². The number of aromatic carboxylic acids is 2. The van der Waals surface area contributed by atoms with E-state index in [1.165, 1.54) is 70.2 Å². The normalized spacial score (nSPS) is 12.5. The molecule has 8 nitrogen and oxygen atoms in total. The lowest BCUT2D eigenvalue weighted by atomic mass is 10.1. The van der Waals surface area contributed by atoms with Gasteiger partial charge in [-0.2, -0.15) is 0 Å². The van der Waals surface area contributed by atoms with Crippen LogP contribution in [0.25, 0.3) is 0 Å². The Morgan fingerprint density at radius 2 is 1.37 bits per heavy atom. The van der Waals surface area contributed by atoms with Crippen molar-refractivity contribution in [3.05, 3.63) is 35.7 Å². The smallest absolute Gasteiger partial charge is 0.335 e. The van der Waals surface area contributed by atoms with E-state index in [-0.39, 0.29) is 16.8 Å². The maximum Gasteiger partial charge on any atom is 0.335 e. The quantitative estimate of drug-likeness (QED) is 0.167. The van der Waals surface area contributed by atoms with Crippen molar-refractivity contribution in [3.8, 4) is 0 Å². The van der Waals surface area contributed by atoms with Gasteiger partial charge in [-0.15, -0.1) is 11.8 Å². The molecule has 0 fully saturated rings. The second-order valence-corrected chi connectivity index (χ2v) is 10.2. The van der Waals surface area contributed by atoms with Gasteiger partial charge in [0.1, 0.15) is 4.75 Å². The van der Waals surface area contributed by atoms with E-state index in [4.69, 9.17) is 4.74 Å². The van der Waals surface area contributed by atoms with E-state index in [9.17, 15) is 29.4 Å². The summed E-state index contributed by atoms with van der Waals surface area (Å²) in [6.07, 6.45) is 13.2. The van der Waals surface area contributed by atoms with Crippen molar-refractivity contribution in [3.63, 3.8) is 0 Å². The molecule has 1 amide bonds. The minimum atomic E-state index is -1.32. The maximum absolute atomic E-state index is 12.6. The summed E-state index contributed by atoms with van der Waals surface area (Å²) in [5.74, 6) is -3.20. The molecule has 1 aromatic rings. The van der Waals surface area contributed by atoms with Gasteiger partial charge in [-0.25, -0.2) is 9.59 Å². The standard InChI is InChI=1S/C26H38NO7S/c1-4-5-6-7-8-9-10-11-12-13-14-35-26(2,25(33)34-3)18-22(28)27-21-16-19(23(29)30)15-20(17-21)24(31)32/h15-18H,4-14H2,1-3H3,(H,27,28)(H,29,30)(H,31,32). The van der Waals surface area contributed by atoms with Gasteiger partial charge in [0.2, 0.25) is 5.91 Å². The monoisotopic (exact) mass is 508 g/mol. The maximum atomic E-state index is 12.6. The third kappa shape index (κ3) is 11.6. The van der Waals surface area contributed by atoms with Crippen LogP contribution in [0, 0.1) is 6.42 Å². The summed E-state index contributed by atoms with van der Waals surface area (Å²) in [4.78, 5) is 47.6. The molecule has 0 saturated heterocycles. The third-order valence-corrected chi connectivity index (χ3v) is 6.97. The molecule has 1 rings (SSSR count). The molecule has 0 aliphatic heterocycles. The molecule has 0 heterocycles. The number of unbranched alkanes of at least 4 members (excludes halogenated alkanes) is 9. The summed E-state index contributed by atoms with van der Waals surface area (Å²) >= 11 is 1.31. The summed E-state index contributed by atoms with van der Waals surface area (Å²) in [6, 6.07) is 3.32. The van der Waals surface area contributed by atoms with Crippen molar-refractivity contribution in [2.75, 3.05) is 18.2 Å². The van der Waals surface area contributed by atoms with Crippen molar-refractivity contribution < 1.29 is 34.1 Å².